The average molecular weight is 629 g/mol. The first kappa shape index (κ1) is 30.2. The second-order valence-electron chi connectivity index (χ2n) is 12.3. The summed E-state index contributed by atoms with van der Waals surface area (Å²) in [6, 6.07) is 9.92. The van der Waals surface area contributed by atoms with Gasteiger partial charge in [0.15, 0.2) is 5.69 Å². The lowest BCUT2D eigenvalue weighted by atomic mass is 9.86. The minimum Gasteiger partial charge on any atom is -0.381 e. The Hall–Kier alpha value is -4.51. The van der Waals surface area contributed by atoms with Crippen LogP contribution in [0.25, 0.3) is 22.0 Å². The monoisotopic (exact) mass is 628 g/mol. The summed E-state index contributed by atoms with van der Waals surface area (Å²) in [6.07, 6.45) is 4.87. The van der Waals surface area contributed by atoms with Crippen molar-refractivity contribution in [1.82, 2.24) is 24.3 Å². The van der Waals surface area contributed by atoms with E-state index in [1.165, 1.54) is 29.1 Å². The molecule has 3 aromatic heterocycles. The van der Waals surface area contributed by atoms with Crippen molar-refractivity contribution in [3.8, 4) is 11.1 Å². The van der Waals surface area contributed by atoms with Gasteiger partial charge in [-0.1, -0.05) is 13.0 Å². The highest BCUT2D eigenvalue weighted by molar-refractivity contribution is 6.13. The van der Waals surface area contributed by atoms with Gasteiger partial charge < -0.3 is 14.2 Å². The molecule has 0 bridgehead atoms. The van der Waals surface area contributed by atoms with E-state index in [2.05, 4.69) is 29.1 Å². The van der Waals surface area contributed by atoms with E-state index < -0.39 is 11.9 Å². The number of imidazole rings is 1. The number of carbonyl (C=O) groups is 1. The molecule has 5 heterocycles. The van der Waals surface area contributed by atoms with Gasteiger partial charge in [0, 0.05) is 74.1 Å². The van der Waals surface area contributed by atoms with Gasteiger partial charge in [-0.25, -0.2) is 4.98 Å². The van der Waals surface area contributed by atoms with Crippen LogP contribution in [-0.2, 0) is 37.3 Å². The minimum absolute atomic E-state index is 0.0288. The molecule has 0 saturated carbocycles. The maximum atomic E-state index is 14.6. The topological polar surface area (TPSA) is 78.1 Å². The van der Waals surface area contributed by atoms with Gasteiger partial charge in [-0.3, -0.25) is 14.5 Å². The van der Waals surface area contributed by atoms with Crippen LogP contribution in [-0.4, -0.2) is 50.0 Å². The zero-order chi connectivity index (χ0) is 32.2. The van der Waals surface area contributed by atoms with Gasteiger partial charge in [-0.2, -0.15) is 18.3 Å². The lowest BCUT2D eigenvalue weighted by molar-refractivity contribution is -0.140. The first-order chi connectivity index (χ1) is 22.1. The van der Waals surface area contributed by atoms with Crippen molar-refractivity contribution in [3.05, 3.63) is 94.5 Å². The van der Waals surface area contributed by atoms with Crippen LogP contribution in [0.5, 0.6) is 0 Å². The zero-order valence-corrected chi connectivity index (χ0v) is 26.1. The Balaban J connectivity index is 1.39. The largest absolute Gasteiger partial charge is 0.435 e. The molecule has 1 amide bonds. The Kier molecular flexibility index (Phi) is 7.67. The maximum absolute atomic E-state index is 14.6. The predicted molar refractivity (Wildman–Crippen MR) is 169 cm³/mol. The van der Waals surface area contributed by atoms with Crippen molar-refractivity contribution in [2.75, 3.05) is 24.7 Å². The number of carbonyl (C=O) groups excluding carboxylic acids is 1. The number of hydrogen-bond acceptors (Lipinski definition) is 5. The SMILES string of the molecule is CCc1cc(C2CCOCC2)c2nc(C)cc(N3CCc4c(cc(Cn5ccnc5)cc4-c4cn(C)nc4C(F)(F)F)C3=O)c2c1. The molecule has 46 heavy (non-hydrogen) atoms. The summed E-state index contributed by atoms with van der Waals surface area (Å²) in [6.45, 7) is 6.15. The molecule has 0 spiro atoms. The molecule has 238 valence electrons. The first-order valence-corrected chi connectivity index (χ1v) is 15.7. The highest BCUT2D eigenvalue weighted by Crippen LogP contribution is 2.42. The Morgan fingerprint density at radius 1 is 1.02 bits per heavy atom. The van der Waals surface area contributed by atoms with E-state index in [1.807, 2.05) is 23.6 Å². The van der Waals surface area contributed by atoms with Gasteiger partial charge in [0.1, 0.15) is 0 Å². The Morgan fingerprint density at radius 3 is 2.52 bits per heavy atom. The predicted octanol–water partition coefficient (Wildman–Crippen LogP) is 6.87. The molecule has 11 heteroatoms. The lowest BCUT2D eigenvalue weighted by Crippen LogP contribution is -2.38. The number of rotatable bonds is 6. The van der Waals surface area contributed by atoms with Crippen LogP contribution in [0.2, 0.25) is 0 Å². The smallest absolute Gasteiger partial charge is 0.381 e. The summed E-state index contributed by atoms with van der Waals surface area (Å²) >= 11 is 0. The number of ether oxygens (including phenoxy) is 1. The van der Waals surface area contributed by atoms with Crippen molar-refractivity contribution < 1.29 is 22.7 Å². The number of fused-ring (bicyclic) bond motifs is 2. The van der Waals surface area contributed by atoms with Crippen LogP contribution in [0.15, 0.2) is 55.2 Å². The average Bonchev–Trinajstić information content (AvgIpc) is 3.70. The van der Waals surface area contributed by atoms with E-state index >= 15 is 0 Å². The van der Waals surface area contributed by atoms with Crippen LogP contribution in [0.3, 0.4) is 0 Å². The number of nitrogens with zero attached hydrogens (tertiary/aromatic N) is 6. The third kappa shape index (κ3) is 5.46. The fourth-order valence-corrected chi connectivity index (χ4v) is 6.98. The molecule has 0 radical (unpaired) electrons. The van der Waals surface area contributed by atoms with Gasteiger partial charge in [-0.05, 0) is 90.6 Å². The number of pyridine rings is 1. The molecule has 8 nitrogen and oxygen atoms in total. The molecule has 0 unspecified atom stereocenters. The standard InChI is InChI=1S/C35H35F3N6O2/c1-4-22-14-26(24-6-11-46-12-7-24)32-29(15-22)31(13-21(2)40-32)44-9-5-25-27(30-19-42(3)41-33(30)35(36,37)38)16-23(17-28(25)34(44)45)18-43-10-8-39-20-43/h8,10,13-17,19-20,24H,4-7,9,11-12,18H2,1-3H3. The quantitative estimate of drug-likeness (QED) is 0.205. The molecule has 0 atom stereocenters. The Labute approximate surface area is 264 Å². The number of anilines is 1. The lowest BCUT2D eigenvalue weighted by Gasteiger charge is -2.32. The summed E-state index contributed by atoms with van der Waals surface area (Å²) < 4.78 is 51.2. The number of amides is 1. The number of halogens is 3. The van der Waals surface area contributed by atoms with Crippen molar-refractivity contribution in [2.24, 2.45) is 7.05 Å². The van der Waals surface area contributed by atoms with Gasteiger partial charge in [-0.15, -0.1) is 0 Å². The molecule has 2 aromatic carbocycles. The van der Waals surface area contributed by atoms with Gasteiger partial charge >= 0.3 is 6.18 Å². The molecular formula is C35H35F3N6O2. The number of alkyl halides is 3. The molecule has 5 aromatic rings. The minimum atomic E-state index is -4.65. The summed E-state index contributed by atoms with van der Waals surface area (Å²) in [5.74, 6) is 0.0761. The fourth-order valence-electron chi connectivity index (χ4n) is 6.98. The van der Waals surface area contributed by atoms with E-state index in [-0.39, 0.29) is 11.5 Å². The first-order valence-electron chi connectivity index (χ1n) is 15.7. The molecule has 1 saturated heterocycles. The molecule has 0 N–H and O–H groups in total. The Bertz CT molecular complexity index is 1940. The van der Waals surface area contributed by atoms with E-state index in [1.54, 1.807) is 29.7 Å². The second-order valence-corrected chi connectivity index (χ2v) is 12.3. The van der Waals surface area contributed by atoms with Crippen molar-refractivity contribution in [1.29, 1.82) is 0 Å². The highest BCUT2D eigenvalue weighted by atomic mass is 19.4. The summed E-state index contributed by atoms with van der Waals surface area (Å²) in [7, 11) is 1.48. The number of aromatic nitrogens is 5. The molecular weight excluding hydrogens is 593 g/mol. The van der Waals surface area contributed by atoms with Gasteiger partial charge in [0.2, 0.25) is 0 Å². The van der Waals surface area contributed by atoms with Crippen molar-refractivity contribution in [3.63, 3.8) is 0 Å². The maximum Gasteiger partial charge on any atom is 0.435 e. The summed E-state index contributed by atoms with van der Waals surface area (Å²) in [5, 5.41) is 4.69. The second kappa shape index (κ2) is 11.7. The van der Waals surface area contributed by atoms with Crippen LogP contribution < -0.4 is 4.90 Å². The van der Waals surface area contributed by atoms with E-state index in [9.17, 15) is 18.0 Å². The van der Waals surface area contributed by atoms with Crippen LogP contribution in [0, 0.1) is 6.92 Å². The third-order valence-electron chi connectivity index (χ3n) is 9.15. The number of aryl methyl sites for hydroxylation is 3. The molecule has 1 fully saturated rings. The van der Waals surface area contributed by atoms with Crippen molar-refractivity contribution >= 4 is 22.5 Å². The normalized spacial score (nSPS) is 16.0. The van der Waals surface area contributed by atoms with Crippen LogP contribution in [0.4, 0.5) is 18.9 Å². The number of benzene rings is 2. The van der Waals surface area contributed by atoms with E-state index in [0.29, 0.717) is 60.9 Å². The Morgan fingerprint density at radius 2 is 1.80 bits per heavy atom. The molecule has 2 aliphatic rings. The third-order valence-corrected chi connectivity index (χ3v) is 9.15. The zero-order valence-electron chi connectivity index (χ0n) is 26.1. The van der Waals surface area contributed by atoms with Crippen LogP contribution in [0.1, 0.15) is 69.7 Å². The number of hydrogen-bond donors (Lipinski definition) is 0. The summed E-state index contributed by atoms with van der Waals surface area (Å²) in [4.78, 5) is 25.4. The molecule has 7 rings (SSSR count). The fraction of sp³-hybridized carbons (Fsp3) is 0.371. The molecule has 2 aliphatic heterocycles. The van der Waals surface area contributed by atoms with Crippen LogP contribution >= 0.6 is 0 Å². The molecule has 0 aliphatic carbocycles. The van der Waals surface area contributed by atoms with Gasteiger partial charge in [0.25, 0.3) is 5.91 Å². The highest BCUT2D eigenvalue weighted by Gasteiger charge is 2.39. The van der Waals surface area contributed by atoms with E-state index in [4.69, 9.17) is 9.72 Å². The van der Waals surface area contributed by atoms with E-state index in [0.717, 1.165) is 41.5 Å². The van der Waals surface area contributed by atoms with Crippen molar-refractivity contribution in [2.45, 2.75) is 58.2 Å². The summed E-state index contributed by atoms with van der Waals surface area (Å²) in [5.41, 5.74) is 5.93. The van der Waals surface area contributed by atoms with Gasteiger partial charge in [0.05, 0.1) is 17.5 Å².